The molecular formula is C14H21N3O4. The first-order valence-electron chi connectivity index (χ1n) is 6.98. The van der Waals surface area contributed by atoms with Crippen molar-refractivity contribution in [2.45, 2.75) is 19.8 Å². The number of carbonyl (C=O) groups excluding carboxylic acids is 1. The van der Waals surface area contributed by atoms with Crippen LogP contribution in [0.25, 0.3) is 0 Å². The van der Waals surface area contributed by atoms with E-state index in [0.29, 0.717) is 6.54 Å². The first-order chi connectivity index (χ1) is 10.1. The summed E-state index contributed by atoms with van der Waals surface area (Å²) in [6, 6.07) is 6.11. The molecule has 0 saturated heterocycles. The van der Waals surface area contributed by atoms with E-state index in [-0.39, 0.29) is 30.4 Å². The predicted molar refractivity (Wildman–Crippen MR) is 79.4 cm³/mol. The Morgan fingerprint density at radius 2 is 2.05 bits per heavy atom. The summed E-state index contributed by atoms with van der Waals surface area (Å²) in [6.45, 7) is 4.40. The molecule has 0 saturated carbocycles. The third-order valence-electron chi connectivity index (χ3n) is 2.70. The van der Waals surface area contributed by atoms with E-state index < -0.39 is 4.92 Å². The fraction of sp³-hybridized carbons (Fsp3) is 0.500. The van der Waals surface area contributed by atoms with Crippen LogP contribution in [0.5, 0.6) is 5.75 Å². The quantitative estimate of drug-likeness (QED) is 0.387. The Kier molecular flexibility index (Phi) is 7.81. The van der Waals surface area contributed by atoms with Gasteiger partial charge in [-0.3, -0.25) is 14.9 Å². The van der Waals surface area contributed by atoms with Crippen LogP contribution >= 0.6 is 0 Å². The minimum atomic E-state index is -0.505. The molecule has 0 aliphatic carbocycles. The molecule has 7 nitrogen and oxygen atoms in total. The molecule has 1 rings (SSSR count). The van der Waals surface area contributed by atoms with Crippen LogP contribution in [-0.4, -0.2) is 37.1 Å². The Labute approximate surface area is 123 Å². The highest BCUT2D eigenvalue weighted by atomic mass is 16.6. The molecular weight excluding hydrogens is 274 g/mol. The van der Waals surface area contributed by atoms with Crippen LogP contribution < -0.4 is 15.4 Å². The standard InChI is InChI=1S/C14H21N3O4/c1-2-8-15-9-10-16-14(18)7-11-21-13-6-4-3-5-12(13)17(19)20/h3-6,15H,2,7-11H2,1H3,(H,16,18). The number of rotatable bonds is 10. The van der Waals surface area contributed by atoms with Crippen LogP contribution in [-0.2, 0) is 4.79 Å². The zero-order chi connectivity index (χ0) is 15.5. The number of nitrogens with one attached hydrogen (secondary N) is 2. The molecule has 1 amide bonds. The maximum absolute atomic E-state index is 11.5. The minimum absolute atomic E-state index is 0.0957. The molecule has 116 valence electrons. The summed E-state index contributed by atoms with van der Waals surface area (Å²) in [4.78, 5) is 21.8. The van der Waals surface area contributed by atoms with Gasteiger partial charge in [-0.25, -0.2) is 0 Å². The molecule has 0 radical (unpaired) electrons. The third kappa shape index (κ3) is 6.71. The normalized spacial score (nSPS) is 10.1. The highest BCUT2D eigenvalue weighted by molar-refractivity contribution is 5.76. The molecule has 1 aromatic rings. The number of nitro benzene ring substituents is 1. The molecule has 0 fully saturated rings. The van der Waals surface area contributed by atoms with Crippen molar-refractivity contribution in [3.63, 3.8) is 0 Å². The molecule has 0 atom stereocenters. The predicted octanol–water partition coefficient (Wildman–Crippen LogP) is 1.48. The number of hydrogen-bond donors (Lipinski definition) is 2. The number of hydrogen-bond acceptors (Lipinski definition) is 5. The Balaban J connectivity index is 2.24. The summed E-state index contributed by atoms with van der Waals surface area (Å²) in [5.41, 5.74) is -0.0957. The molecule has 0 spiro atoms. The van der Waals surface area contributed by atoms with Crippen LogP contribution in [0.4, 0.5) is 5.69 Å². The van der Waals surface area contributed by atoms with Crippen molar-refractivity contribution in [3.8, 4) is 5.75 Å². The van der Waals surface area contributed by atoms with E-state index in [1.165, 1.54) is 12.1 Å². The summed E-state index contributed by atoms with van der Waals surface area (Å²) in [5.74, 6) is 0.0480. The van der Waals surface area contributed by atoms with E-state index >= 15 is 0 Å². The molecule has 21 heavy (non-hydrogen) atoms. The van der Waals surface area contributed by atoms with Gasteiger partial charge in [0.05, 0.1) is 18.0 Å². The third-order valence-corrected chi connectivity index (χ3v) is 2.70. The number of carbonyl (C=O) groups is 1. The summed E-state index contributed by atoms with van der Waals surface area (Å²) in [7, 11) is 0. The van der Waals surface area contributed by atoms with Crippen LogP contribution in [0.15, 0.2) is 24.3 Å². The van der Waals surface area contributed by atoms with Gasteiger partial charge in [-0.15, -0.1) is 0 Å². The van der Waals surface area contributed by atoms with Gasteiger partial charge in [0.15, 0.2) is 5.75 Å². The second-order valence-electron chi connectivity index (χ2n) is 4.42. The molecule has 2 N–H and O–H groups in total. The van der Waals surface area contributed by atoms with Gasteiger partial charge in [-0.2, -0.15) is 0 Å². The molecule has 0 aromatic heterocycles. The molecule has 0 heterocycles. The van der Waals surface area contributed by atoms with Gasteiger partial charge >= 0.3 is 5.69 Å². The van der Waals surface area contributed by atoms with E-state index in [2.05, 4.69) is 17.6 Å². The minimum Gasteiger partial charge on any atom is -0.486 e. The Morgan fingerprint density at radius 3 is 2.76 bits per heavy atom. The van der Waals surface area contributed by atoms with Crippen molar-refractivity contribution < 1.29 is 14.5 Å². The lowest BCUT2D eigenvalue weighted by atomic mass is 10.3. The van der Waals surface area contributed by atoms with E-state index in [1.54, 1.807) is 12.1 Å². The fourth-order valence-electron chi connectivity index (χ4n) is 1.66. The monoisotopic (exact) mass is 295 g/mol. The molecule has 0 aliphatic heterocycles. The van der Waals surface area contributed by atoms with Gasteiger partial charge in [0.25, 0.3) is 0 Å². The van der Waals surface area contributed by atoms with E-state index in [4.69, 9.17) is 4.74 Å². The average Bonchev–Trinajstić information content (AvgIpc) is 2.47. The Morgan fingerprint density at radius 1 is 1.29 bits per heavy atom. The number of nitrogens with zero attached hydrogens (tertiary/aromatic N) is 1. The van der Waals surface area contributed by atoms with Crippen LogP contribution in [0.3, 0.4) is 0 Å². The first-order valence-corrected chi connectivity index (χ1v) is 6.98. The lowest BCUT2D eigenvalue weighted by Crippen LogP contribution is -2.32. The zero-order valence-electron chi connectivity index (χ0n) is 12.1. The number of ether oxygens (including phenoxy) is 1. The number of amides is 1. The van der Waals surface area contributed by atoms with Crippen LogP contribution in [0.1, 0.15) is 19.8 Å². The molecule has 1 aromatic carbocycles. The summed E-state index contributed by atoms with van der Waals surface area (Å²) >= 11 is 0. The van der Waals surface area contributed by atoms with Gasteiger partial charge in [-0.1, -0.05) is 19.1 Å². The lowest BCUT2D eigenvalue weighted by Gasteiger charge is -2.08. The Hall–Kier alpha value is -2.15. The van der Waals surface area contributed by atoms with Gasteiger partial charge < -0.3 is 15.4 Å². The van der Waals surface area contributed by atoms with E-state index in [1.807, 2.05) is 0 Å². The maximum Gasteiger partial charge on any atom is 0.310 e. The SMILES string of the molecule is CCCNCCNC(=O)CCOc1ccccc1[N+](=O)[O-]. The molecule has 0 unspecified atom stereocenters. The molecule has 0 aliphatic rings. The van der Waals surface area contributed by atoms with Crippen molar-refractivity contribution in [2.24, 2.45) is 0 Å². The average molecular weight is 295 g/mol. The topological polar surface area (TPSA) is 93.5 Å². The number of para-hydroxylation sites is 2. The van der Waals surface area contributed by atoms with Crippen molar-refractivity contribution in [1.29, 1.82) is 0 Å². The van der Waals surface area contributed by atoms with Crippen LogP contribution in [0.2, 0.25) is 0 Å². The largest absolute Gasteiger partial charge is 0.486 e. The van der Waals surface area contributed by atoms with E-state index in [9.17, 15) is 14.9 Å². The lowest BCUT2D eigenvalue weighted by molar-refractivity contribution is -0.385. The van der Waals surface area contributed by atoms with Gasteiger partial charge in [0.1, 0.15) is 0 Å². The van der Waals surface area contributed by atoms with Gasteiger partial charge in [0, 0.05) is 19.2 Å². The van der Waals surface area contributed by atoms with Crippen molar-refractivity contribution in [2.75, 3.05) is 26.2 Å². The highest BCUT2D eigenvalue weighted by Crippen LogP contribution is 2.25. The van der Waals surface area contributed by atoms with Gasteiger partial charge in [0.2, 0.25) is 5.91 Å². The highest BCUT2D eigenvalue weighted by Gasteiger charge is 2.13. The second-order valence-corrected chi connectivity index (χ2v) is 4.42. The smallest absolute Gasteiger partial charge is 0.310 e. The van der Waals surface area contributed by atoms with Crippen molar-refractivity contribution in [3.05, 3.63) is 34.4 Å². The fourth-order valence-corrected chi connectivity index (χ4v) is 1.66. The first kappa shape index (κ1) is 16.9. The maximum atomic E-state index is 11.5. The van der Waals surface area contributed by atoms with Gasteiger partial charge in [-0.05, 0) is 19.0 Å². The summed E-state index contributed by atoms with van der Waals surface area (Å²) in [5, 5.41) is 16.7. The summed E-state index contributed by atoms with van der Waals surface area (Å²) < 4.78 is 5.30. The molecule has 7 heteroatoms. The second kappa shape index (κ2) is 9.71. The summed E-state index contributed by atoms with van der Waals surface area (Å²) in [6.07, 6.45) is 1.22. The molecule has 0 bridgehead atoms. The van der Waals surface area contributed by atoms with Crippen LogP contribution in [0, 0.1) is 10.1 Å². The Bertz CT molecular complexity index is 465. The number of benzene rings is 1. The zero-order valence-corrected chi connectivity index (χ0v) is 12.1. The van der Waals surface area contributed by atoms with E-state index in [0.717, 1.165) is 19.5 Å². The number of nitro groups is 1. The van der Waals surface area contributed by atoms with Crippen molar-refractivity contribution in [1.82, 2.24) is 10.6 Å². The van der Waals surface area contributed by atoms with Crippen molar-refractivity contribution >= 4 is 11.6 Å².